The molecule has 0 aliphatic rings. The van der Waals surface area contributed by atoms with E-state index in [9.17, 15) is 4.79 Å². The minimum absolute atomic E-state index is 0.351. The average molecular weight is 259 g/mol. The summed E-state index contributed by atoms with van der Waals surface area (Å²) in [6, 6.07) is 3.87. The van der Waals surface area contributed by atoms with Gasteiger partial charge in [0.2, 0.25) is 0 Å². The summed E-state index contributed by atoms with van der Waals surface area (Å²) in [6.45, 7) is 6.02. The molecule has 0 saturated carbocycles. The molecule has 19 heavy (non-hydrogen) atoms. The summed E-state index contributed by atoms with van der Waals surface area (Å²) in [5.41, 5.74) is 9.99. The van der Waals surface area contributed by atoms with Crippen molar-refractivity contribution in [2.45, 2.75) is 20.8 Å². The molecule has 0 unspecified atom stereocenters. The van der Waals surface area contributed by atoms with Crippen LogP contribution in [0.25, 0.3) is 5.69 Å². The fourth-order valence-corrected chi connectivity index (χ4v) is 1.87. The Kier molecular flexibility index (Phi) is 3.55. The lowest BCUT2D eigenvalue weighted by molar-refractivity contribution is 0.0526. The van der Waals surface area contributed by atoms with Crippen molar-refractivity contribution in [2.75, 3.05) is 12.3 Å². The lowest BCUT2D eigenvalue weighted by atomic mass is 10.1. The predicted octanol–water partition coefficient (Wildman–Crippen LogP) is 2.25. The molecule has 0 aliphatic heterocycles. The number of carbonyl (C=O) groups excluding carboxylic acids is 1. The Morgan fingerprint density at radius 3 is 2.58 bits per heavy atom. The Bertz CT molecular complexity index is 594. The minimum atomic E-state index is -0.363. The van der Waals surface area contributed by atoms with Gasteiger partial charge in [-0.15, -0.1) is 0 Å². The molecule has 100 valence electrons. The van der Waals surface area contributed by atoms with E-state index < -0.39 is 0 Å². The number of anilines is 1. The smallest absolute Gasteiger partial charge is 0.341 e. The van der Waals surface area contributed by atoms with E-state index >= 15 is 0 Å². The Labute approximate surface area is 112 Å². The van der Waals surface area contributed by atoms with Gasteiger partial charge in [-0.2, -0.15) is 5.10 Å². The number of carbonyl (C=O) groups is 1. The van der Waals surface area contributed by atoms with Crippen molar-refractivity contribution < 1.29 is 9.53 Å². The van der Waals surface area contributed by atoms with Gasteiger partial charge in [-0.25, -0.2) is 9.48 Å². The van der Waals surface area contributed by atoms with Gasteiger partial charge >= 0.3 is 5.97 Å². The van der Waals surface area contributed by atoms with E-state index in [1.54, 1.807) is 17.8 Å². The van der Waals surface area contributed by atoms with Crippen LogP contribution in [0.2, 0.25) is 0 Å². The summed E-state index contributed by atoms with van der Waals surface area (Å²) in [4.78, 5) is 11.6. The maximum atomic E-state index is 11.6. The zero-order valence-electron chi connectivity index (χ0n) is 11.3. The van der Waals surface area contributed by atoms with Crippen LogP contribution in [0.3, 0.4) is 0 Å². The van der Waals surface area contributed by atoms with E-state index in [-0.39, 0.29) is 5.97 Å². The Morgan fingerprint density at radius 2 is 2.00 bits per heavy atom. The molecule has 0 spiro atoms. The van der Waals surface area contributed by atoms with Crippen molar-refractivity contribution in [1.29, 1.82) is 0 Å². The van der Waals surface area contributed by atoms with Crippen LogP contribution in [-0.2, 0) is 4.74 Å². The minimum Gasteiger partial charge on any atom is -0.462 e. The topological polar surface area (TPSA) is 70.1 Å². The number of hydrogen-bond acceptors (Lipinski definition) is 4. The van der Waals surface area contributed by atoms with Gasteiger partial charge in [0.25, 0.3) is 0 Å². The third-order valence-corrected chi connectivity index (χ3v) is 2.94. The molecular formula is C14H17N3O2. The van der Waals surface area contributed by atoms with Gasteiger partial charge in [-0.05, 0) is 44.0 Å². The molecule has 0 amide bonds. The quantitative estimate of drug-likeness (QED) is 0.678. The summed E-state index contributed by atoms with van der Waals surface area (Å²) in [6.07, 6.45) is 3.15. The maximum absolute atomic E-state index is 11.6. The Balaban J connectivity index is 2.35. The molecule has 0 atom stereocenters. The third-order valence-electron chi connectivity index (χ3n) is 2.94. The van der Waals surface area contributed by atoms with E-state index in [0.29, 0.717) is 12.2 Å². The standard InChI is InChI=1S/C14H17N3O2/c1-4-19-14(18)11-7-16-17(8-11)12-5-9(2)13(15)10(3)6-12/h5-8H,4,15H2,1-3H3. The number of nitrogens with two attached hydrogens (primary N) is 1. The van der Waals surface area contributed by atoms with E-state index in [4.69, 9.17) is 10.5 Å². The van der Waals surface area contributed by atoms with E-state index in [1.165, 1.54) is 6.20 Å². The van der Waals surface area contributed by atoms with Crippen LogP contribution in [0, 0.1) is 13.8 Å². The molecule has 5 heteroatoms. The Hall–Kier alpha value is -2.30. The number of rotatable bonds is 3. The van der Waals surface area contributed by atoms with Gasteiger partial charge in [-0.3, -0.25) is 0 Å². The first-order valence-electron chi connectivity index (χ1n) is 6.11. The number of hydrogen-bond donors (Lipinski definition) is 1. The van der Waals surface area contributed by atoms with Crippen LogP contribution in [0.4, 0.5) is 5.69 Å². The highest BCUT2D eigenvalue weighted by Crippen LogP contribution is 2.21. The molecule has 1 aromatic heterocycles. The third kappa shape index (κ3) is 2.59. The first-order chi connectivity index (χ1) is 9.02. The summed E-state index contributed by atoms with van der Waals surface area (Å²) in [5.74, 6) is -0.363. The number of esters is 1. The normalized spacial score (nSPS) is 10.5. The van der Waals surface area contributed by atoms with E-state index in [0.717, 1.165) is 22.5 Å². The molecule has 0 saturated heterocycles. The van der Waals surface area contributed by atoms with Crippen molar-refractivity contribution in [3.05, 3.63) is 41.2 Å². The molecule has 1 heterocycles. The molecule has 2 rings (SSSR count). The summed E-state index contributed by atoms with van der Waals surface area (Å²) in [5, 5.41) is 4.18. The highest BCUT2D eigenvalue weighted by Gasteiger charge is 2.11. The summed E-state index contributed by atoms with van der Waals surface area (Å²) < 4.78 is 6.58. The van der Waals surface area contributed by atoms with Gasteiger partial charge < -0.3 is 10.5 Å². The van der Waals surface area contributed by atoms with Crippen molar-refractivity contribution in [2.24, 2.45) is 0 Å². The van der Waals surface area contributed by atoms with Crippen molar-refractivity contribution >= 4 is 11.7 Å². The second kappa shape index (κ2) is 5.14. The summed E-state index contributed by atoms with van der Waals surface area (Å²) in [7, 11) is 0. The average Bonchev–Trinajstić information content (AvgIpc) is 2.85. The summed E-state index contributed by atoms with van der Waals surface area (Å²) >= 11 is 0. The van der Waals surface area contributed by atoms with Crippen LogP contribution in [0.1, 0.15) is 28.4 Å². The molecule has 1 aromatic carbocycles. The largest absolute Gasteiger partial charge is 0.462 e. The lowest BCUT2D eigenvalue weighted by Gasteiger charge is -2.08. The van der Waals surface area contributed by atoms with Crippen LogP contribution < -0.4 is 5.73 Å². The van der Waals surface area contributed by atoms with Crippen LogP contribution in [-0.4, -0.2) is 22.4 Å². The van der Waals surface area contributed by atoms with Gasteiger partial charge in [0.1, 0.15) is 0 Å². The molecule has 0 radical (unpaired) electrons. The molecule has 0 fully saturated rings. The number of nitrogen functional groups attached to an aromatic ring is 1. The second-order valence-corrected chi connectivity index (χ2v) is 4.39. The van der Waals surface area contributed by atoms with Crippen LogP contribution >= 0.6 is 0 Å². The molecule has 5 nitrogen and oxygen atoms in total. The van der Waals surface area contributed by atoms with Gasteiger partial charge in [0.15, 0.2) is 0 Å². The fourth-order valence-electron chi connectivity index (χ4n) is 1.87. The zero-order chi connectivity index (χ0) is 14.0. The van der Waals surface area contributed by atoms with E-state index in [1.807, 2.05) is 26.0 Å². The molecule has 0 bridgehead atoms. The number of ether oxygens (including phenoxy) is 1. The molecule has 2 aromatic rings. The maximum Gasteiger partial charge on any atom is 0.341 e. The SMILES string of the molecule is CCOC(=O)c1cnn(-c2cc(C)c(N)c(C)c2)c1. The molecule has 2 N–H and O–H groups in total. The van der Waals surface area contributed by atoms with Crippen molar-refractivity contribution in [1.82, 2.24) is 9.78 Å². The van der Waals surface area contributed by atoms with Gasteiger partial charge in [0.05, 0.1) is 24.1 Å². The Morgan fingerprint density at radius 1 is 1.37 bits per heavy atom. The predicted molar refractivity (Wildman–Crippen MR) is 73.4 cm³/mol. The highest BCUT2D eigenvalue weighted by molar-refractivity contribution is 5.88. The first kappa shape index (κ1) is 13.1. The number of benzene rings is 1. The van der Waals surface area contributed by atoms with Gasteiger partial charge in [0, 0.05) is 11.9 Å². The van der Waals surface area contributed by atoms with Crippen molar-refractivity contribution in [3.8, 4) is 5.69 Å². The van der Waals surface area contributed by atoms with E-state index in [2.05, 4.69) is 5.10 Å². The number of aromatic nitrogens is 2. The number of aryl methyl sites for hydroxylation is 2. The molecular weight excluding hydrogens is 242 g/mol. The first-order valence-corrected chi connectivity index (χ1v) is 6.11. The van der Waals surface area contributed by atoms with Crippen LogP contribution in [0.5, 0.6) is 0 Å². The van der Waals surface area contributed by atoms with Crippen LogP contribution in [0.15, 0.2) is 24.5 Å². The lowest BCUT2D eigenvalue weighted by Crippen LogP contribution is -2.03. The highest BCUT2D eigenvalue weighted by atomic mass is 16.5. The number of nitrogens with zero attached hydrogens (tertiary/aromatic N) is 2. The fraction of sp³-hybridized carbons (Fsp3) is 0.286. The van der Waals surface area contributed by atoms with Crippen molar-refractivity contribution in [3.63, 3.8) is 0 Å². The second-order valence-electron chi connectivity index (χ2n) is 4.39. The monoisotopic (exact) mass is 259 g/mol. The van der Waals surface area contributed by atoms with Gasteiger partial charge in [-0.1, -0.05) is 0 Å². The molecule has 0 aliphatic carbocycles. The zero-order valence-corrected chi connectivity index (χ0v) is 11.3.